The van der Waals surface area contributed by atoms with Gasteiger partial charge in [0, 0.05) is 11.6 Å². The van der Waals surface area contributed by atoms with Gasteiger partial charge in [-0.3, -0.25) is 10.1 Å². The van der Waals surface area contributed by atoms with Gasteiger partial charge >= 0.3 is 0 Å². The second kappa shape index (κ2) is 5.66. The van der Waals surface area contributed by atoms with Crippen molar-refractivity contribution in [2.75, 3.05) is 0 Å². The zero-order valence-corrected chi connectivity index (χ0v) is 12.8. The fraction of sp³-hybridized carbons (Fsp3) is 0.294. The summed E-state index contributed by atoms with van der Waals surface area (Å²) in [4.78, 5) is 10.8. The molecule has 0 bridgehead atoms. The van der Waals surface area contributed by atoms with Gasteiger partial charge in [-0.25, -0.2) is 0 Å². The quantitative estimate of drug-likeness (QED) is 0.687. The molecule has 21 heavy (non-hydrogen) atoms. The maximum Gasteiger partial charge on any atom is 0.272 e. The van der Waals surface area contributed by atoms with E-state index >= 15 is 0 Å². The minimum absolute atomic E-state index is 0.130. The smallest absolute Gasteiger partial charge is 0.272 e. The molecule has 2 N–H and O–H groups in total. The van der Waals surface area contributed by atoms with E-state index < -0.39 is 0 Å². The Kier molecular flexibility index (Phi) is 4.09. The van der Waals surface area contributed by atoms with Crippen molar-refractivity contribution in [2.45, 2.75) is 33.7 Å². The molecule has 0 aliphatic rings. The molecule has 0 fully saturated rings. The topological polar surface area (TPSA) is 69.2 Å². The molecule has 0 saturated carbocycles. The van der Waals surface area contributed by atoms with Crippen molar-refractivity contribution in [3.8, 4) is 0 Å². The predicted octanol–water partition coefficient (Wildman–Crippen LogP) is 3.88. The molecule has 0 heterocycles. The van der Waals surface area contributed by atoms with E-state index in [1.165, 1.54) is 5.56 Å². The lowest BCUT2D eigenvalue weighted by Crippen LogP contribution is -2.14. The lowest BCUT2D eigenvalue weighted by Gasteiger charge is -2.18. The average molecular weight is 284 g/mol. The van der Waals surface area contributed by atoms with E-state index in [9.17, 15) is 10.1 Å². The van der Waals surface area contributed by atoms with Crippen LogP contribution in [0.15, 0.2) is 30.3 Å². The van der Waals surface area contributed by atoms with E-state index in [4.69, 9.17) is 5.73 Å². The Morgan fingerprint density at radius 3 is 2.33 bits per heavy atom. The van der Waals surface area contributed by atoms with Gasteiger partial charge in [0.05, 0.1) is 11.0 Å². The Hall–Kier alpha value is -2.20. The number of aryl methyl sites for hydroxylation is 2. The van der Waals surface area contributed by atoms with Crippen molar-refractivity contribution >= 4 is 5.69 Å². The molecular weight excluding hydrogens is 264 g/mol. The first-order chi connectivity index (χ1) is 9.82. The third-order valence-electron chi connectivity index (χ3n) is 4.20. The zero-order chi connectivity index (χ0) is 15.7. The summed E-state index contributed by atoms with van der Waals surface area (Å²) in [7, 11) is 0. The molecule has 0 spiro atoms. The number of hydrogen-bond donors (Lipinski definition) is 1. The van der Waals surface area contributed by atoms with Gasteiger partial charge in [0.25, 0.3) is 5.69 Å². The Bertz CT molecular complexity index is 708. The molecule has 0 aromatic heterocycles. The molecule has 2 aromatic rings. The van der Waals surface area contributed by atoms with Crippen molar-refractivity contribution in [3.05, 3.63) is 73.8 Å². The summed E-state index contributed by atoms with van der Waals surface area (Å²) in [5.41, 5.74) is 12.1. The molecule has 0 saturated heterocycles. The highest BCUT2D eigenvalue weighted by molar-refractivity contribution is 5.50. The highest BCUT2D eigenvalue weighted by Gasteiger charge is 2.19. The van der Waals surface area contributed by atoms with Crippen LogP contribution in [0.25, 0.3) is 0 Å². The monoisotopic (exact) mass is 284 g/mol. The Labute approximate surface area is 124 Å². The van der Waals surface area contributed by atoms with Gasteiger partial charge in [0.1, 0.15) is 0 Å². The first kappa shape index (κ1) is 15.2. The van der Waals surface area contributed by atoms with E-state index in [-0.39, 0.29) is 16.7 Å². The number of nitrogens with two attached hydrogens (primary N) is 1. The molecule has 0 aliphatic carbocycles. The summed E-state index contributed by atoms with van der Waals surface area (Å²) < 4.78 is 0. The number of hydrogen-bond acceptors (Lipinski definition) is 3. The second-order valence-corrected chi connectivity index (χ2v) is 5.51. The van der Waals surface area contributed by atoms with E-state index in [1.807, 2.05) is 45.0 Å². The summed E-state index contributed by atoms with van der Waals surface area (Å²) in [6, 6.07) is 9.15. The van der Waals surface area contributed by atoms with Crippen LogP contribution >= 0.6 is 0 Å². The molecule has 0 amide bonds. The van der Waals surface area contributed by atoms with Gasteiger partial charge in [0.2, 0.25) is 0 Å². The second-order valence-electron chi connectivity index (χ2n) is 5.51. The van der Waals surface area contributed by atoms with Crippen LogP contribution < -0.4 is 5.73 Å². The van der Waals surface area contributed by atoms with Crippen LogP contribution in [0.4, 0.5) is 5.69 Å². The Balaban J connectivity index is 2.56. The van der Waals surface area contributed by atoms with Crippen molar-refractivity contribution in [1.29, 1.82) is 0 Å². The van der Waals surface area contributed by atoms with Crippen molar-refractivity contribution < 1.29 is 4.92 Å². The van der Waals surface area contributed by atoms with Crippen LogP contribution in [0.2, 0.25) is 0 Å². The van der Waals surface area contributed by atoms with Crippen LogP contribution in [0, 0.1) is 37.8 Å². The molecule has 2 rings (SSSR count). The third kappa shape index (κ3) is 2.81. The number of nitro groups is 1. The highest BCUT2D eigenvalue weighted by Crippen LogP contribution is 2.30. The van der Waals surface area contributed by atoms with E-state index in [1.54, 1.807) is 13.0 Å². The Morgan fingerprint density at radius 2 is 1.71 bits per heavy atom. The molecule has 110 valence electrons. The predicted molar refractivity (Wildman–Crippen MR) is 84.5 cm³/mol. The number of rotatable bonds is 3. The normalized spacial score (nSPS) is 12.2. The molecule has 2 aromatic carbocycles. The molecule has 4 nitrogen and oxygen atoms in total. The van der Waals surface area contributed by atoms with E-state index in [2.05, 4.69) is 0 Å². The summed E-state index contributed by atoms with van der Waals surface area (Å²) in [6.45, 7) is 7.71. The maximum atomic E-state index is 11.2. The van der Waals surface area contributed by atoms with E-state index in [0.29, 0.717) is 5.56 Å². The van der Waals surface area contributed by atoms with Gasteiger partial charge in [-0.1, -0.05) is 24.3 Å². The van der Waals surface area contributed by atoms with Crippen molar-refractivity contribution in [2.24, 2.45) is 5.73 Å². The largest absolute Gasteiger partial charge is 0.320 e. The average Bonchev–Trinajstić information content (AvgIpc) is 2.43. The Morgan fingerprint density at radius 1 is 1.05 bits per heavy atom. The fourth-order valence-electron chi connectivity index (χ4n) is 2.53. The first-order valence-corrected chi connectivity index (χ1v) is 6.90. The molecule has 1 unspecified atom stereocenters. The lowest BCUT2D eigenvalue weighted by molar-refractivity contribution is -0.385. The summed E-state index contributed by atoms with van der Waals surface area (Å²) in [5.74, 6) is 0. The molecular formula is C17H20N2O2. The van der Waals surface area contributed by atoms with Gasteiger partial charge in [0.15, 0.2) is 0 Å². The lowest BCUT2D eigenvalue weighted by atomic mass is 9.91. The van der Waals surface area contributed by atoms with E-state index in [0.717, 1.165) is 22.3 Å². The van der Waals surface area contributed by atoms with Crippen LogP contribution in [-0.4, -0.2) is 4.92 Å². The standard InChI is InChI=1S/C17H20N2O2/c1-10-6-5-7-15(12(10)3)17(18)14-8-11(2)13(4)16(9-14)19(20)21/h5-9,17H,18H2,1-4H3. The van der Waals surface area contributed by atoms with Crippen molar-refractivity contribution in [3.63, 3.8) is 0 Å². The summed E-state index contributed by atoms with van der Waals surface area (Å²) >= 11 is 0. The number of nitro benzene ring substituents is 1. The van der Waals surface area contributed by atoms with Crippen molar-refractivity contribution in [1.82, 2.24) is 0 Å². The van der Waals surface area contributed by atoms with Crippen LogP contribution in [0.1, 0.15) is 39.4 Å². The minimum atomic E-state index is -0.358. The van der Waals surface area contributed by atoms with Crippen LogP contribution in [-0.2, 0) is 0 Å². The minimum Gasteiger partial charge on any atom is -0.320 e. The highest BCUT2D eigenvalue weighted by atomic mass is 16.6. The molecule has 4 heteroatoms. The number of nitrogens with zero attached hydrogens (tertiary/aromatic N) is 1. The third-order valence-corrected chi connectivity index (χ3v) is 4.20. The van der Waals surface area contributed by atoms with Crippen LogP contribution in [0.5, 0.6) is 0 Å². The summed E-state index contributed by atoms with van der Waals surface area (Å²) in [6.07, 6.45) is 0. The van der Waals surface area contributed by atoms with Gasteiger partial charge < -0.3 is 5.73 Å². The maximum absolute atomic E-state index is 11.2. The molecule has 1 atom stereocenters. The zero-order valence-electron chi connectivity index (χ0n) is 12.8. The fourth-order valence-corrected chi connectivity index (χ4v) is 2.53. The molecule has 0 radical (unpaired) electrons. The van der Waals surface area contributed by atoms with Crippen LogP contribution in [0.3, 0.4) is 0 Å². The van der Waals surface area contributed by atoms with Gasteiger partial charge in [-0.15, -0.1) is 0 Å². The first-order valence-electron chi connectivity index (χ1n) is 6.90. The summed E-state index contributed by atoms with van der Waals surface area (Å²) in [5, 5.41) is 11.2. The molecule has 0 aliphatic heterocycles. The van der Waals surface area contributed by atoms with Gasteiger partial charge in [-0.2, -0.15) is 0 Å². The van der Waals surface area contributed by atoms with Gasteiger partial charge in [-0.05, 0) is 55.5 Å². The number of benzene rings is 2. The SMILES string of the molecule is Cc1cccc(C(N)c2cc(C)c(C)c([N+](=O)[O-])c2)c1C.